The van der Waals surface area contributed by atoms with Crippen LogP contribution in [-0.2, 0) is 6.54 Å². The summed E-state index contributed by atoms with van der Waals surface area (Å²) in [6.45, 7) is 6.44. The van der Waals surface area contributed by atoms with E-state index in [1.807, 2.05) is 63.2 Å². The third-order valence-corrected chi connectivity index (χ3v) is 3.78. The SMILES string of the molecule is Cc1ccc(NC(=O)NCc2ccc(OC(C)C)cc2)c(Br)c1. The molecule has 2 rings (SSSR count). The third-order valence-electron chi connectivity index (χ3n) is 3.12. The molecular formula is C18H21BrN2O2. The van der Waals surface area contributed by atoms with Gasteiger partial charge in [-0.1, -0.05) is 18.2 Å². The Kier molecular flexibility index (Phi) is 6.04. The van der Waals surface area contributed by atoms with Crippen LogP contribution in [0.25, 0.3) is 0 Å². The van der Waals surface area contributed by atoms with Crippen LogP contribution in [-0.4, -0.2) is 12.1 Å². The summed E-state index contributed by atoms with van der Waals surface area (Å²) < 4.78 is 6.46. The minimum absolute atomic E-state index is 0.151. The van der Waals surface area contributed by atoms with E-state index in [0.717, 1.165) is 27.0 Å². The summed E-state index contributed by atoms with van der Waals surface area (Å²) in [7, 11) is 0. The van der Waals surface area contributed by atoms with Crippen LogP contribution >= 0.6 is 15.9 Å². The van der Waals surface area contributed by atoms with Crippen molar-refractivity contribution in [2.24, 2.45) is 0 Å². The van der Waals surface area contributed by atoms with Crippen LogP contribution in [0, 0.1) is 6.92 Å². The number of benzene rings is 2. The first-order valence-electron chi connectivity index (χ1n) is 7.50. The van der Waals surface area contributed by atoms with Crippen LogP contribution in [0.15, 0.2) is 46.9 Å². The zero-order valence-corrected chi connectivity index (χ0v) is 15.1. The first-order valence-corrected chi connectivity index (χ1v) is 8.30. The Morgan fingerprint density at radius 1 is 1.17 bits per heavy atom. The highest BCUT2D eigenvalue weighted by Gasteiger charge is 2.05. The maximum absolute atomic E-state index is 12.0. The fourth-order valence-electron chi connectivity index (χ4n) is 2.03. The lowest BCUT2D eigenvalue weighted by atomic mass is 10.2. The van der Waals surface area contributed by atoms with E-state index >= 15 is 0 Å². The van der Waals surface area contributed by atoms with Crippen LogP contribution in [0.1, 0.15) is 25.0 Å². The van der Waals surface area contributed by atoms with Crippen molar-refractivity contribution in [3.8, 4) is 5.75 Å². The molecule has 0 unspecified atom stereocenters. The molecule has 0 atom stereocenters. The van der Waals surface area contributed by atoms with Gasteiger partial charge in [0.2, 0.25) is 0 Å². The van der Waals surface area contributed by atoms with Gasteiger partial charge in [0, 0.05) is 11.0 Å². The molecule has 2 amide bonds. The van der Waals surface area contributed by atoms with E-state index < -0.39 is 0 Å². The van der Waals surface area contributed by atoms with Crippen LogP contribution < -0.4 is 15.4 Å². The molecule has 2 aromatic carbocycles. The molecule has 0 radical (unpaired) electrons. The predicted octanol–water partition coefficient (Wildman–Crippen LogP) is 4.87. The van der Waals surface area contributed by atoms with E-state index in [2.05, 4.69) is 26.6 Å². The molecule has 4 nitrogen and oxygen atoms in total. The quantitative estimate of drug-likeness (QED) is 0.781. The summed E-state index contributed by atoms with van der Waals surface area (Å²) in [4.78, 5) is 12.0. The van der Waals surface area contributed by atoms with Crippen molar-refractivity contribution in [1.29, 1.82) is 0 Å². The van der Waals surface area contributed by atoms with Crippen molar-refractivity contribution in [3.63, 3.8) is 0 Å². The van der Waals surface area contributed by atoms with Gasteiger partial charge in [0.15, 0.2) is 0 Å². The number of carbonyl (C=O) groups is 1. The number of ether oxygens (including phenoxy) is 1. The molecule has 0 spiro atoms. The molecule has 2 aromatic rings. The molecule has 0 aromatic heterocycles. The second-order valence-electron chi connectivity index (χ2n) is 5.60. The van der Waals surface area contributed by atoms with Crippen LogP contribution in [0.5, 0.6) is 5.75 Å². The predicted molar refractivity (Wildman–Crippen MR) is 96.9 cm³/mol. The van der Waals surface area contributed by atoms with Crippen molar-refractivity contribution in [2.75, 3.05) is 5.32 Å². The molecule has 0 fully saturated rings. The number of urea groups is 1. The molecule has 2 N–H and O–H groups in total. The normalized spacial score (nSPS) is 10.5. The Labute approximate surface area is 145 Å². The van der Waals surface area contributed by atoms with Crippen LogP contribution in [0.2, 0.25) is 0 Å². The topological polar surface area (TPSA) is 50.4 Å². The molecule has 23 heavy (non-hydrogen) atoms. The second kappa shape index (κ2) is 8.02. The van der Waals surface area contributed by atoms with Crippen molar-refractivity contribution in [3.05, 3.63) is 58.1 Å². The van der Waals surface area contributed by atoms with Crippen molar-refractivity contribution in [2.45, 2.75) is 33.4 Å². The molecule has 0 aliphatic rings. The van der Waals surface area contributed by atoms with Gasteiger partial charge in [-0.25, -0.2) is 4.79 Å². The summed E-state index contributed by atoms with van der Waals surface area (Å²) >= 11 is 3.44. The highest BCUT2D eigenvalue weighted by Crippen LogP contribution is 2.23. The molecule has 0 saturated heterocycles. The highest BCUT2D eigenvalue weighted by molar-refractivity contribution is 9.10. The summed E-state index contributed by atoms with van der Waals surface area (Å²) in [5, 5.41) is 5.66. The van der Waals surface area contributed by atoms with E-state index in [9.17, 15) is 4.79 Å². The van der Waals surface area contributed by atoms with Gasteiger partial charge in [0.1, 0.15) is 5.75 Å². The summed E-state index contributed by atoms with van der Waals surface area (Å²) in [5.41, 5.74) is 2.89. The third kappa shape index (κ3) is 5.60. The van der Waals surface area contributed by atoms with Gasteiger partial charge in [0.25, 0.3) is 0 Å². The Bertz CT molecular complexity index is 669. The number of rotatable bonds is 5. The molecule has 0 aliphatic carbocycles. The average molecular weight is 377 g/mol. The lowest BCUT2D eigenvalue weighted by Gasteiger charge is -2.11. The van der Waals surface area contributed by atoms with Gasteiger partial charge in [-0.05, 0) is 72.1 Å². The number of halogens is 1. The van der Waals surface area contributed by atoms with Gasteiger partial charge in [-0.15, -0.1) is 0 Å². The van der Waals surface area contributed by atoms with Gasteiger partial charge in [0.05, 0.1) is 11.8 Å². The zero-order valence-electron chi connectivity index (χ0n) is 13.5. The molecule has 0 saturated carbocycles. The fourth-order valence-corrected chi connectivity index (χ4v) is 2.62. The molecule has 5 heteroatoms. The smallest absolute Gasteiger partial charge is 0.319 e. The Morgan fingerprint density at radius 3 is 2.48 bits per heavy atom. The average Bonchev–Trinajstić information content (AvgIpc) is 2.49. The molecule has 0 aliphatic heterocycles. The number of hydrogen-bond acceptors (Lipinski definition) is 2. The Balaban J connectivity index is 1.86. The summed E-state index contributed by atoms with van der Waals surface area (Å²) in [6.07, 6.45) is 0.151. The largest absolute Gasteiger partial charge is 0.491 e. The van der Waals surface area contributed by atoms with E-state index in [4.69, 9.17) is 4.74 Å². The molecular weight excluding hydrogens is 356 g/mol. The number of hydrogen-bond donors (Lipinski definition) is 2. The van der Waals surface area contributed by atoms with Crippen molar-refractivity contribution in [1.82, 2.24) is 5.32 Å². The monoisotopic (exact) mass is 376 g/mol. The van der Waals surface area contributed by atoms with Gasteiger partial charge < -0.3 is 15.4 Å². The maximum Gasteiger partial charge on any atom is 0.319 e. The molecule has 0 heterocycles. The summed E-state index contributed by atoms with van der Waals surface area (Å²) in [5.74, 6) is 0.830. The van der Waals surface area contributed by atoms with Crippen molar-refractivity contribution >= 4 is 27.6 Å². The fraction of sp³-hybridized carbons (Fsp3) is 0.278. The van der Waals surface area contributed by atoms with Gasteiger partial charge >= 0.3 is 6.03 Å². The lowest BCUT2D eigenvalue weighted by molar-refractivity contribution is 0.242. The lowest BCUT2D eigenvalue weighted by Crippen LogP contribution is -2.28. The van der Waals surface area contributed by atoms with Crippen molar-refractivity contribution < 1.29 is 9.53 Å². The zero-order chi connectivity index (χ0) is 16.8. The number of amides is 2. The number of aryl methyl sites for hydroxylation is 1. The van der Waals surface area contributed by atoms with Crippen LogP contribution in [0.3, 0.4) is 0 Å². The first kappa shape index (κ1) is 17.3. The van der Waals surface area contributed by atoms with Gasteiger partial charge in [-0.3, -0.25) is 0 Å². The standard InChI is InChI=1S/C18H21BrN2O2/c1-12(2)23-15-7-5-14(6-8-15)11-20-18(22)21-17-9-4-13(3)10-16(17)19/h4-10,12H,11H2,1-3H3,(H2,20,21,22). The first-order chi connectivity index (χ1) is 10.9. The molecule has 122 valence electrons. The van der Waals surface area contributed by atoms with Crippen LogP contribution in [0.4, 0.5) is 10.5 Å². The van der Waals surface area contributed by atoms with E-state index in [0.29, 0.717) is 6.54 Å². The minimum Gasteiger partial charge on any atom is -0.491 e. The maximum atomic E-state index is 12.0. The summed E-state index contributed by atoms with van der Waals surface area (Å²) in [6, 6.07) is 13.3. The van der Waals surface area contributed by atoms with Gasteiger partial charge in [-0.2, -0.15) is 0 Å². The number of anilines is 1. The number of carbonyl (C=O) groups excluding carboxylic acids is 1. The van der Waals surface area contributed by atoms with E-state index in [1.165, 1.54) is 0 Å². The van der Waals surface area contributed by atoms with E-state index in [1.54, 1.807) is 0 Å². The highest BCUT2D eigenvalue weighted by atomic mass is 79.9. The Hall–Kier alpha value is -2.01. The number of nitrogens with one attached hydrogen (secondary N) is 2. The molecule has 0 bridgehead atoms. The second-order valence-corrected chi connectivity index (χ2v) is 6.46. The van der Waals surface area contributed by atoms with E-state index in [-0.39, 0.29) is 12.1 Å². The Morgan fingerprint density at radius 2 is 1.87 bits per heavy atom. The minimum atomic E-state index is -0.239.